The Labute approximate surface area is 150 Å². The fourth-order valence-corrected chi connectivity index (χ4v) is 2.37. The second kappa shape index (κ2) is 8.06. The van der Waals surface area contributed by atoms with Gasteiger partial charge in [-0.2, -0.15) is 0 Å². The normalized spacial score (nSPS) is 10.3. The highest BCUT2D eigenvalue weighted by Crippen LogP contribution is 2.13. The van der Waals surface area contributed by atoms with Crippen molar-refractivity contribution in [3.05, 3.63) is 77.6 Å². The number of benzene rings is 2. The molecule has 0 aliphatic carbocycles. The second-order valence-corrected chi connectivity index (χ2v) is 5.62. The minimum absolute atomic E-state index is 0.00424. The monoisotopic (exact) mass is 350 g/mol. The van der Waals surface area contributed by atoms with Gasteiger partial charge < -0.3 is 10.1 Å². The maximum Gasteiger partial charge on any atom is 0.242 e. The van der Waals surface area contributed by atoms with E-state index in [1.54, 1.807) is 31.4 Å². The summed E-state index contributed by atoms with van der Waals surface area (Å²) in [6, 6.07) is 16.3. The molecule has 0 radical (unpaired) electrons. The highest BCUT2D eigenvalue weighted by Gasteiger charge is 2.14. The van der Waals surface area contributed by atoms with Crippen molar-refractivity contribution in [1.29, 1.82) is 0 Å². The van der Waals surface area contributed by atoms with Crippen LogP contribution in [0.4, 0.5) is 0 Å². The summed E-state index contributed by atoms with van der Waals surface area (Å²) >= 11 is 0. The van der Waals surface area contributed by atoms with Crippen LogP contribution in [0.2, 0.25) is 0 Å². The molecule has 1 heterocycles. The maximum absolute atomic E-state index is 12.4. The van der Waals surface area contributed by atoms with Crippen LogP contribution in [0.5, 0.6) is 5.75 Å². The third kappa shape index (κ3) is 4.32. The van der Waals surface area contributed by atoms with Crippen molar-refractivity contribution in [3.8, 4) is 5.75 Å². The SMILES string of the molecule is COc1ccc(C(=O)c2cn(CC(=O)NCc3ccccc3)nn2)cc1. The number of nitrogens with zero attached hydrogens (tertiary/aromatic N) is 3. The van der Waals surface area contributed by atoms with Crippen molar-refractivity contribution in [3.63, 3.8) is 0 Å². The lowest BCUT2D eigenvalue weighted by atomic mass is 10.1. The Balaban J connectivity index is 1.58. The molecule has 132 valence electrons. The van der Waals surface area contributed by atoms with E-state index < -0.39 is 0 Å². The van der Waals surface area contributed by atoms with E-state index in [1.807, 2.05) is 30.3 Å². The first-order valence-corrected chi connectivity index (χ1v) is 8.05. The van der Waals surface area contributed by atoms with E-state index in [-0.39, 0.29) is 23.9 Å². The van der Waals surface area contributed by atoms with E-state index in [0.29, 0.717) is 17.9 Å². The quantitative estimate of drug-likeness (QED) is 0.657. The van der Waals surface area contributed by atoms with Gasteiger partial charge in [-0.05, 0) is 29.8 Å². The Morgan fingerprint density at radius 2 is 1.81 bits per heavy atom. The first-order chi connectivity index (χ1) is 12.7. The molecule has 0 atom stereocenters. The maximum atomic E-state index is 12.4. The Kier molecular flexibility index (Phi) is 5.38. The molecule has 1 amide bonds. The molecule has 0 saturated carbocycles. The molecule has 1 N–H and O–H groups in total. The Hall–Kier alpha value is -3.48. The number of carbonyl (C=O) groups is 2. The van der Waals surface area contributed by atoms with Gasteiger partial charge in [0.15, 0.2) is 5.69 Å². The fraction of sp³-hybridized carbons (Fsp3) is 0.158. The molecule has 26 heavy (non-hydrogen) atoms. The molecule has 0 bridgehead atoms. The summed E-state index contributed by atoms with van der Waals surface area (Å²) < 4.78 is 6.41. The number of aromatic nitrogens is 3. The zero-order valence-electron chi connectivity index (χ0n) is 14.3. The van der Waals surface area contributed by atoms with Gasteiger partial charge in [-0.25, -0.2) is 4.68 Å². The van der Waals surface area contributed by atoms with Crippen molar-refractivity contribution < 1.29 is 14.3 Å². The fourth-order valence-electron chi connectivity index (χ4n) is 2.37. The predicted molar refractivity (Wildman–Crippen MR) is 94.7 cm³/mol. The van der Waals surface area contributed by atoms with E-state index in [1.165, 1.54) is 10.9 Å². The third-order valence-corrected chi connectivity index (χ3v) is 3.76. The topological polar surface area (TPSA) is 86.1 Å². The molecule has 3 rings (SSSR count). The number of rotatable bonds is 7. The number of hydrogen-bond acceptors (Lipinski definition) is 5. The van der Waals surface area contributed by atoms with Gasteiger partial charge in [0.05, 0.1) is 13.3 Å². The van der Waals surface area contributed by atoms with Crippen LogP contribution in [0.3, 0.4) is 0 Å². The molecule has 1 aromatic heterocycles. The van der Waals surface area contributed by atoms with E-state index in [9.17, 15) is 9.59 Å². The van der Waals surface area contributed by atoms with Crippen LogP contribution >= 0.6 is 0 Å². The number of ether oxygens (including phenoxy) is 1. The zero-order valence-corrected chi connectivity index (χ0v) is 14.3. The zero-order chi connectivity index (χ0) is 18.4. The van der Waals surface area contributed by atoms with Gasteiger partial charge in [0, 0.05) is 12.1 Å². The number of carbonyl (C=O) groups excluding carboxylic acids is 2. The second-order valence-electron chi connectivity index (χ2n) is 5.62. The summed E-state index contributed by atoms with van der Waals surface area (Å²) in [6.07, 6.45) is 1.47. The number of amides is 1. The lowest BCUT2D eigenvalue weighted by Gasteiger charge is -2.04. The van der Waals surface area contributed by atoms with Gasteiger partial charge in [-0.3, -0.25) is 9.59 Å². The van der Waals surface area contributed by atoms with Crippen LogP contribution in [0.15, 0.2) is 60.8 Å². The van der Waals surface area contributed by atoms with Crippen molar-refractivity contribution in [1.82, 2.24) is 20.3 Å². The largest absolute Gasteiger partial charge is 0.497 e. The Bertz CT molecular complexity index is 889. The standard InChI is InChI=1S/C19H18N4O3/c1-26-16-9-7-15(8-10-16)19(25)17-12-23(22-21-17)13-18(24)20-11-14-5-3-2-4-6-14/h2-10,12H,11,13H2,1H3,(H,20,24). The van der Waals surface area contributed by atoms with Crippen molar-refractivity contribution in [2.75, 3.05) is 7.11 Å². The molecule has 7 nitrogen and oxygen atoms in total. The van der Waals surface area contributed by atoms with Crippen LogP contribution < -0.4 is 10.1 Å². The predicted octanol–water partition coefficient (Wildman–Crippen LogP) is 1.83. The summed E-state index contributed by atoms with van der Waals surface area (Å²) in [4.78, 5) is 24.4. The molecular weight excluding hydrogens is 332 g/mol. The minimum atomic E-state index is -0.261. The van der Waals surface area contributed by atoms with Gasteiger partial charge >= 0.3 is 0 Å². The molecule has 2 aromatic carbocycles. The average molecular weight is 350 g/mol. The highest BCUT2D eigenvalue weighted by molar-refractivity contribution is 6.07. The van der Waals surface area contributed by atoms with E-state index in [0.717, 1.165) is 5.56 Å². The Morgan fingerprint density at radius 3 is 2.50 bits per heavy atom. The summed E-state index contributed by atoms with van der Waals surface area (Å²) in [6.45, 7) is 0.432. The van der Waals surface area contributed by atoms with Crippen molar-refractivity contribution in [2.45, 2.75) is 13.1 Å². The first-order valence-electron chi connectivity index (χ1n) is 8.05. The molecule has 0 aliphatic heterocycles. The lowest BCUT2D eigenvalue weighted by molar-refractivity contribution is -0.122. The summed E-state index contributed by atoms with van der Waals surface area (Å²) in [7, 11) is 1.56. The molecule has 0 fully saturated rings. The number of nitrogens with one attached hydrogen (secondary N) is 1. The van der Waals surface area contributed by atoms with Crippen LogP contribution in [0.1, 0.15) is 21.6 Å². The molecule has 0 spiro atoms. The van der Waals surface area contributed by atoms with E-state index in [4.69, 9.17) is 4.74 Å². The van der Waals surface area contributed by atoms with Crippen molar-refractivity contribution >= 4 is 11.7 Å². The average Bonchev–Trinajstić information content (AvgIpc) is 3.15. The van der Waals surface area contributed by atoms with Crippen LogP contribution in [-0.4, -0.2) is 33.8 Å². The van der Waals surface area contributed by atoms with E-state index >= 15 is 0 Å². The smallest absolute Gasteiger partial charge is 0.242 e. The van der Waals surface area contributed by atoms with Crippen LogP contribution in [0.25, 0.3) is 0 Å². The van der Waals surface area contributed by atoms with Gasteiger partial charge in [-0.1, -0.05) is 35.5 Å². The molecule has 0 aliphatic rings. The lowest BCUT2D eigenvalue weighted by Crippen LogP contribution is -2.27. The highest BCUT2D eigenvalue weighted by atomic mass is 16.5. The summed E-state index contributed by atoms with van der Waals surface area (Å²) in [5, 5.41) is 10.5. The molecule has 0 unspecified atom stereocenters. The minimum Gasteiger partial charge on any atom is -0.497 e. The number of hydrogen-bond donors (Lipinski definition) is 1. The summed E-state index contributed by atoms with van der Waals surface area (Å²) in [5.74, 6) is 0.200. The van der Waals surface area contributed by atoms with Crippen molar-refractivity contribution in [2.24, 2.45) is 0 Å². The van der Waals surface area contributed by atoms with Crippen LogP contribution in [-0.2, 0) is 17.9 Å². The number of ketones is 1. The van der Waals surface area contributed by atoms with E-state index in [2.05, 4.69) is 15.6 Å². The van der Waals surface area contributed by atoms with Gasteiger partial charge in [-0.15, -0.1) is 5.10 Å². The third-order valence-electron chi connectivity index (χ3n) is 3.76. The summed E-state index contributed by atoms with van der Waals surface area (Å²) in [5.41, 5.74) is 1.67. The Morgan fingerprint density at radius 1 is 1.08 bits per heavy atom. The molecule has 3 aromatic rings. The molecular formula is C19H18N4O3. The van der Waals surface area contributed by atoms with Gasteiger partial charge in [0.2, 0.25) is 11.7 Å². The molecule has 0 saturated heterocycles. The molecule has 7 heteroatoms. The van der Waals surface area contributed by atoms with Gasteiger partial charge in [0.1, 0.15) is 12.3 Å². The number of methoxy groups -OCH3 is 1. The van der Waals surface area contributed by atoms with Crippen LogP contribution in [0, 0.1) is 0 Å². The van der Waals surface area contributed by atoms with Gasteiger partial charge in [0.25, 0.3) is 0 Å². The first kappa shape index (κ1) is 17.3.